The maximum Gasteiger partial charge on any atom is 0.305 e. The molecule has 1 heterocycles. The number of carbonyl (C=O) groups is 1. The molecule has 0 unspecified atom stereocenters. The van der Waals surface area contributed by atoms with Crippen LogP contribution in [0.25, 0.3) is 0 Å². The molecular formula is C10H10Cl2FNO3. The number of halogens is 3. The Morgan fingerprint density at radius 3 is 2.76 bits per heavy atom. The molecule has 0 aliphatic rings. The molecule has 0 aliphatic carbocycles. The molecule has 0 N–H and O–H groups in total. The summed E-state index contributed by atoms with van der Waals surface area (Å²) in [6.07, 6.45) is 0.286. The van der Waals surface area contributed by atoms with Crippen molar-refractivity contribution in [3.8, 4) is 5.88 Å². The van der Waals surface area contributed by atoms with Gasteiger partial charge in [0, 0.05) is 6.42 Å². The minimum absolute atomic E-state index is 0.0412. The first-order valence-electron chi connectivity index (χ1n) is 4.84. The predicted molar refractivity (Wildman–Crippen MR) is 61.0 cm³/mol. The maximum atomic E-state index is 13.0. The molecule has 7 heteroatoms. The monoisotopic (exact) mass is 281 g/mol. The molecule has 17 heavy (non-hydrogen) atoms. The Hall–Kier alpha value is -1.07. The highest BCUT2D eigenvalue weighted by Crippen LogP contribution is 2.26. The van der Waals surface area contributed by atoms with Crippen molar-refractivity contribution < 1.29 is 18.7 Å². The lowest BCUT2D eigenvalue weighted by Gasteiger charge is -2.07. The van der Waals surface area contributed by atoms with E-state index >= 15 is 0 Å². The fourth-order valence-corrected chi connectivity index (χ4v) is 1.34. The van der Waals surface area contributed by atoms with Crippen LogP contribution in [0.15, 0.2) is 6.07 Å². The van der Waals surface area contributed by atoms with Gasteiger partial charge >= 0.3 is 5.97 Å². The summed E-state index contributed by atoms with van der Waals surface area (Å²) in [5.41, 5.74) is 0. The SMILES string of the molecule is CCC(=O)OCCOc1nc(F)c(Cl)cc1Cl. The summed E-state index contributed by atoms with van der Waals surface area (Å²) in [6, 6.07) is 1.19. The number of rotatable bonds is 5. The average molecular weight is 282 g/mol. The molecule has 0 amide bonds. The van der Waals surface area contributed by atoms with Gasteiger partial charge in [-0.05, 0) is 6.07 Å². The van der Waals surface area contributed by atoms with Gasteiger partial charge in [-0.1, -0.05) is 30.1 Å². The van der Waals surface area contributed by atoms with Crippen molar-refractivity contribution in [1.82, 2.24) is 4.98 Å². The van der Waals surface area contributed by atoms with E-state index in [0.29, 0.717) is 0 Å². The van der Waals surface area contributed by atoms with E-state index in [2.05, 4.69) is 4.98 Å². The zero-order chi connectivity index (χ0) is 12.8. The van der Waals surface area contributed by atoms with Crippen LogP contribution in [0.1, 0.15) is 13.3 Å². The second-order valence-corrected chi connectivity index (χ2v) is 3.78. The van der Waals surface area contributed by atoms with Gasteiger partial charge in [0.2, 0.25) is 11.8 Å². The van der Waals surface area contributed by atoms with E-state index in [1.54, 1.807) is 6.92 Å². The van der Waals surface area contributed by atoms with Gasteiger partial charge in [0.1, 0.15) is 18.2 Å². The number of hydrogen-bond donors (Lipinski definition) is 0. The van der Waals surface area contributed by atoms with Crippen molar-refractivity contribution in [3.05, 3.63) is 22.1 Å². The van der Waals surface area contributed by atoms with Gasteiger partial charge in [0.25, 0.3) is 0 Å². The van der Waals surface area contributed by atoms with E-state index in [0.717, 1.165) is 0 Å². The van der Waals surface area contributed by atoms with Crippen molar-refractivity contribution >= 4 is 29.2 Å². The summed E-state index contributed by atoms with van der Waals surface area (Å²) < 4.78 is 22.8. The van der Waals surface area contributed by atoms with E-state index in [1.165, 1.54) is 6.07 Å². The zero-order valence-electron chi connectivity index (χ0n) is 9.00. The minimum atomic E-state index is -0.864. The third kappa shape index (κ3) is 4.36. The molecule has 0 fully saturated rings. The summed E-state index contributed by atoms with van der Waals surface area (Å²) in [5.74, 6) is -1.28. The van der Waals surface area contributed by atoms with Gasteiger partial charge in [-0.3, -0.25) is 4.79 Å². The lowest BCUT2D eigenvalue weighted by atomic mass is 10.5. The number of hydrogen-bond acceptors (Lipinski definition) is 4. The Morgan fingerprint density at radius 2 is 2.12 bits per heavy atom. The van der Waals surface area contributed by atoms with Crippen molar-refractivity contribution in [2.24, 2.45) is 0 Å². The van der Waals surface area contributed by atoms with Crippen LogP contribution in [0.5, 0.6) is 5.88 Å². The first kappa shape index (κ1) is 14.0. The Balaban J connectivity index is 2.47. The Bertz CT molecular complexity index is 415. The lowest BCUT2D eigenvalue weighted by Crippen LogP contribution is -2.12. The maximum absolute atomic E-state index is 13.0. The largest absolute Gasteiger partial charge is 0.473 e. The number of carbonyl (C=O) groups excluding carboxylic acids is 1. The summed E-state index contributed by atoms with van der Waals surface area (Å²) in [7, 11) is 0. The van der Waals surface area contributed by atoms with E-state index < -0.39 is 5.95 Å². The molecule has 0 saturated heterocycles. The van der Waals surface area contributed by atoms with Crippen LogP contribution in [-0.4, -0.2) is 24.2 Å². The van der Waals surface area contributed by atoms with Gasteiger partial charge in [0.05, 0.1) is 5.02 Å². The summed E-state index contributed by atoms with van der Waals surface area (Å²) >= 11 is 11.2. The number of esters is 1. The standard InChI is InChI=1S/C10H10Cl2FNO3/c1-2-8(15)16-3-4-17-10-7(12)5-6(11)9(13)14-10/h5H,2-4H2,1H3. The third-order valence-electron chi connectivity index (χ3n) is 1.73. The highest BCUT2D eigenvalue weighted by Gasteiger charge is 2.10. The molecule has 0 radical (unpaired) electrons. The van der Waals surface area contributed by atoms with Crippen molar-refractivity contribution in [2.45, 2.75) is 13.3 Å². The Labute approximate surface area is 108 Å². The number of aromatic nitrogens is 1. The molecule has 0 aliphatic heterocycles. The molecule has 0 saturated carbocycles. The topological polar surface area (TPSA) is 48.4 Å². The summed E-state index contributed by atoms with van der Waals surface area (Å²) in [5, 5.41) is -0.0852. The second kappa shape index (κ2) is 6.61. The van der Waals surface area contributed by atoms with Crippen LogP contribution >= 0.6 is 23.2 Å². The number of nitrogens with zero attached hydrogens (tertiary/aromatic N) is 1. The average Bonchev–Trinajstić information content (AvgIpc) is 2.30. The Kier molecular flexibility index (Phi) is 5.44. The summed E-state index contributed by atoms with van der Waals surface area (Å²) in [6.45, 7) is 1.77. The zero-order valence-corrected chi connectivity index (χ0v) is 10.5. The fraction of sp³-hybridized carbons (Fsp3) is 0.400. The second-order valence-electron chi connectivity index (χ2n) is 2.97. The van der Waals surface area contributed by atoms with Crippen LogP contribution < -0.4 is 4.74 Å². The molecule has 0 aromatic carbocycles. The molecule has 0 spiro atoms. The van der Waals surface area contributed by atoms with Gasteiger partial charge in [0.15, 0.2) is 0 Å². The fourth-order valence-electron chi connectivity index (χ4n) is 0.926. The first-order chi connectivity index (χ1) is 8.04. The smallest absolute Gasteiger partial charge is 0.305 e. The summed E-state index contributed by atoms with van der Waals surface area (Å²) in [4.78, 5) is 14.2. The Morgan fingerprint density at radius 1 is 1.41 bits per heavy atom. The van der Waals surface area contributed by atoms with Crippen molar-refractivity contribution in [3.63, 3.8) is 0 Å². The molecule has 94 valence electrons. The quantitative estimate of drug-likeness (QED) is 0.473. The molecule has 0 bridgehead atoms. The third-order valence-corrected chi connectivity index (χ3v) is 2.26. The van der Waals surface area contributed by atoms with Gasteiger partial charge in [-0.2, -0.15) is 9.37 Å². The van der Waals surface area contributed by atoms with E-state index in [-0.39, 0.29) is 41.5 Å². The normalized spacial score (nSPS) is 10.1. The minimum Gasteiger partial charge on any atom is -0.473 e. The van der Waals surface area contributed by atoms with E-state index in [4.69, 9.17) is 32.7 Å². The molecule has 4 nitrogen and oxygen atoms in total. The highest BCUT2D eigenvalue weighted by molar-refractivity contribution is 6.35. The van der Waals surface area contributed by atoms with Gasteiger partial charge < -0.3 is 9.47 Å². The van der Waals surface area contributed by atoms with Crippen LogP contribution in [0.4, 0.5) is 4.39 Å². The van der Waals surface area contributed by atoms with Crippen LogP contribution in [0.3, 0.4) is 0 Å². The molecular weight excluding hydrogens is 272 g/mol. The van der Waals surface area contributed by atoms with Crippen molar-refractivity contribution in [2.75, 3.05) is 13.2 Å². The van der Waals surface area contributed by atoms with Crippen molar-refractivity contribution in [1.29, 1.82) is 0 Å². The predicted octanol–water partition coefficient (Wildman–Crippen LogP) is 2.86. The molecule has 1 aromatic heterocycles. The van der Waals surface area contributed by atoms with E-state index in [1.807, 2.05) is 0 Å². The van der Waals surface area contributed by atoms with Gasteiger partial charge in [-0.25, -0.2) is 0 Å². The highest BCUT2D eigenvalue weighted by atomic mass is 35.5. The lowest BCUT2D eigenvalue weighted by molar-refractivity contribution is -0.143. The number of ether oxygens (including phenoxy) is 2. The van der Waals surface area contributed by atoms with Gasteiger partial charge in [-0.15, -0.1) is 0 Å². The van der Waals surface area contributed by atoms with E-state index in [9.17, 15) is 9.18 Å². The molecule has 1 rings (SSSR count). The molecule has 0 atom stereocenters. The van der Waals surface area contributed by atoms with Crippen LogP contribution in [0.2, 0.25) is 10.0 Å². The molecule has 1 aromatic rings. The number of pyridine rings is 1. The first-order valence-corrected chi connectivity index (χ1v) is 5.60. The van der Waals surface area contributed by atoms with Crippen LogP contribution in [-0.2, 0) is 9.53 Å². The van der Waals surface area contributed by atoms with Crippen LogP contribution in [0, 0.1) is 5.95 Å².